The Balaban J connectivity index is 2.27. The van der Waals surface area contributed by atoms with Gasteiger partial charge in [-0.25, -0.2) is 0 Å². The average Bonchev–Trinajstić information content (AvgIpc) is 2.71. The van der Waals surface area contributed by atoms with E-state index in [1.165, 1.54) is 0 Å². The maximum Gasteiger partial charge on any atom is 0.267 e. The molecule has 1 aromatic heterocycles. The molecule has 17 heavy (non-hydrogen) atoms. The average molecular weight is 295 g/mol. The lowest BCUT2D eigenvalue weighted by atomic mass is 10.2. The van der Waals surface area contributed by atoms with Crippen LogP contribution in [0.1, 0.15) is 30.8 Å². The van der Waals surface area contributed by atoms with Crippen LogP contribution in [0.2, 0.25) is 0 Å². The van der Waals surface area contributed by atoms with E-state index in [1.54, 1.807) is 0 Å². The van der Waals surface area contributed by atoms with Crippen LogP contribution in [0.4, 0.5) is 0 Å². The molecule has 2 aromatic rings. The number of fused-ring (bicyclic) bond motifs is 1. The van der Waals surface area contributed by atoms with E-state index in [4.69, 9.17) is 0 Å². The number of carbonyl (C=O) groups is 1. The lowest BCUT2D eigenvalue weighted by Gasteiger charge is -2.09. The van der Waals surface area contributed by atoms with Crippen molar-refractivity contribution in [3.8, 4) is 0 Å². The number of amides is 1. The third-order valence-corrected chi connectivity index (χ3v) is 3.31. The van der Waals surface area contributed by atoms with Gasteiger partial charge in [-0.15, -0.1) is 0 Å². The largest absolute Gasteiger partial charge is 0.351 e. The Morgan fingerprint density at radius 3 is 2.94 bits per heavy atom. The fourth-order valence-electron chi connectivity index (χ4n) is 1.63. The summed E-state index contributed by atoms with van der Waals surface area (Å²) < 4.78 is 1.01. The maximum atomic E-state index is 11.9. The third kappa shape index (κ3) is 2.69. The fourth-order valence-corrected chi connectivity index (χ4v) is 2.01. The standard InChI is InChI=1S/C13H15BrN2O/c1-3-8(2)15-13(17)12-7-9-6-10(14)4-5-11(9)16-12/h4-8,16H,3H2,1-2H3,(H,15,17). The van der Waals surface area contributed by atoms with E-state index >= 15 is 0 Å². The molecular weight excluding hydrogens is 280 g/mol. The summed E-state index contributed by atoms with van der Waals surface area (Å²) in [5.41, 5.74) is 1.58. The number of H-pyrrole nitrogens is 1. The van der Waals surface area contributed by atoms with E-state index in [1.807, 2.05) is 38.1 Å². The number of carbonyl (C=O) groups excluding carboxylic acids is 1. The third-order valence-electron chi connectivity index (χ3n) is 2.82. The van der Waals surface area contributed by atoms with Crippen LogP contribution in [0.25, 0.3) is 10.9 Å². The van der Waals surface area contributed by atoms with Crippen molar-refractivity contribution in [2.24, 2.45) is 0 Å². The van der Waals surface area contributed by atoms with E-state index in [0.717, 1.165) is 21.8 Å². The van der Waals surface area contributed by atoms with Crippen molar-refractivity contribution in [3.63, 3.8) is 0 Å². The highest BCUT2D eigenvalue weighted by Gasteiger charge is 2.11. The summed E-state index contributed by atoms with van der Waals surface area (Å²) in [6.45, 7) is 4.05. The molecule has 4 heteroatoms. The minimum absolute atomic E-state index is 0.0494. The Bertz CT molecular complexity index is 547. The molecule has 0 bridgehead atoms. The molecule has 1 unspecified atom stereocenters. The van der Waals surface area contributed by atoms with Crippen molar-refractivity contribution >= 4 is 32.7 Å². The van der Waals surface area contributed by atoms with Gasteiger partial charge < -0.3 is 10.3 Å². The Morgan fingerprint density at radius 2 is 2.24 bits per heavy atom. The van der Waals surface area contributed by atoms with E-state index in [2.05, 4.69) is 26.2 Å². The maximum absolute atomic E-state index is 11.9. The first-order valence-electron chi connectivity index (χ1n) is 5.69. The van der Waals surface area contributed by atoms with Crippen LogP contribution >= 0.6 is 15.9 Å². The molecule has 1 heterocycles. The predicted octanol–water partition coefficient (Wildman–Crippen LogP) is 3.46. The summed E-state index contributed by atoms with van der Waals surface area (Å²) in [6, 6.07) is 7.97. The van der Waals surface area contributed by atoms with Crippen molar-refractivity contribution in [2.45, 2.75) is 26.3 Å². The van der Waals surface area contributed by atoms with Gasteiger partial charge in [0.05, 0.1) is 0 Å². The molecular formula is C13H15BrN2O. The molecule has 0 saturated carbocycles. The van der Waals surface area contributed by atoms with Crippen LogP contribution < -0.4 is 5.32 Å². The van der Waals surface area contributed by atoms with Gasteiger partial charge in [0.1, 0.15) is 5.69 Å². The molecule has 0 aliphatic rings. The second-order valence-corrected chi connectivity index (χ2v) is 5.11. The van der Waals surface area contributed by atoms with Gasteiger partial charge in [-0.2, -0.15) is 0 Å². The van der Waals surface area contributed by atoms with Crippen LogP contribution in [0, 0.1) is 0 Å². The zero-order chi connectivity index (χ0) is 12.4. The molecule has 2 N–H and O–H groups in total. The van der Waals surface area contributed by atoms with Crippen molar-refractivity contribution in [1.82, 2.24) is 10.3 Å². The van der Waals surface area contributed by atoms with Crippen LogP contribution in [-0.2, 0) is 0 Å². The summed E-state index contributed by atoms with van der Waals surface area (Å²) in [7, 11) is 0. The molecule has 0 aliphatic heterocycles. The van der Waals surface area contributed by atoms with Crippen LogP contribution in [-0.4, -0.2) is 16.9 Å². The highest BCUT2D eigenvalue weighted by atomic mass is 79.9. The molecule has 1 amide bonds. The first kappa shape index (κ1) is 12.2. The van der Waals surface area contributed by atoms with Crippen LogP contribution in [0.3, 0.4) is 0 Å². The number of nitrogens with one attached hydrogen (secondary N) is 2. The van der Waals surface area contributed by atoms with E-state index < -0.39 is 0 Å². The van der Waals surface area contributed by atoms with Crippen molar-refractivity contribution in [1.29, 1.82) is 0 Å². The number of rotatable bonds is 3. The molecule has 1 aromatic carbocycles. The van der Waals surface area contributed by atoms with Gasteiger partial charge in [0.2, 0.25) is 0 Å². The topological polar surface area (TPSA) is 44.9 Å². The monoisotopic (exact) mass is 294 g/mol. The lowest BCUT2D eigenvalue weighted by Crippen LogP contribution is -2.32. The zero-order valence-electron chi connectivity index (χ0n) is 9.88. The summed E-state index contributed by atoms with van der Waals surface area (Å²) in [6.07, 6.45) is 0.928. The Kier molecular flexibility index (Phi) is 3.52. The normalized spacial score (nSPS) is 12.6. The zero-order valence-corrected chi connectivity index (χ0v) is 11.5. The lowest BCUT2D eigenvalue weighted by molar-refractivity contribution is 0.0935. The van der Waals surface area contributed by atoms with Gasteiger partial charge in [0, 0.05) is 21.4 Å². The molecule has 3 nitrogen and oxygen atoms in total. The summed E-state index contributed by atoms with van der Waals surface area (Å²) in [5.74, 6) is -0.0494. The van der Waals surface area contributed by atoms with Crippen molar-refractivity contribution in [2.75, 3.05) is 0 Å². The Hall–Kier alpha value is -1.29. The summed E-state index contributed by atoms with van der Waals surface area (Å²) in [4.78, 5) is 15.0. The van der Waals surface area contributed by atoms with Gasteiger partial charge in [0.15, 0.2) is 0 Å². The van der Waals surface area contributed by atoms with E-state index in [9.17, 15) is 4.79 Å². The number of aromatic nitrogens is 1. The molecule has 0 spiro atoms. The van der Waals surface area contributed by atoms with E-state index in [0.29, 0.717) is 5.69 Å². The van der Waals surface area contributed by atoms with E-state index in [-0.39, 0.29) is 11.9 Å². The second-order valence-electron chi connectivity index (χ2n) is 4.20. The first-order valence-corrected chi connectivity index (χ1v) is 6.48. The number of hydrogen-bond acceptors (Lipinski definition) is 1. The fraction of sp³-hybridized carbons (Fsp3) is 0.308. The second kappa shape index (κ2) is 4.92. The SMILES string of the molecule is CCC(C)NC(=O)c1cc2cc(Br)ccc2[nH]1. The smallest absolute Gasteiger partial charge is 0.267 e. The molecule has 0 fully saturated rings. The summed E-state index contributed by atoms with van der Waals surface area (Å²) in [5, 5.41) is 3.98. The molecule has 90 valence electrons. The van der Waals surface area contributed by atoms with Gasteiger partial charge in [0.25, 0.3) is 5.91 Å². The van der Waals surface area contributed by atoms with Crippen molar-refractivity contribution < 1.29 is 4.79 Å². The van der Waals surface area contributed by atoms with Gasteiger partial charge in [-0.3, -0.25) is 4.79 Å². The highest BCUT2D eigenvalue weighted by Crippen LogP contribution is 2.20. The quantitative estimate of drug-likeness (QED) is 0.895. The molecule has 0 aliphatic carbocycles. The number of halogens is 1. The first-order chi connectivity index (χ1) is 8.10. The highest BCUT2D eigenvalue weighted by molar-refractivity contribution is 9.10. The number of benzene rings is 1. The van der Waals surface area contributed by atoms with Gasteiger partial charge in [-0.05, 0) is 37.6 Å². The minimum atomic E-state index is -0.0494. The van der Waals surface area contributed by atoms with Crippen molar-refractivity contribution in [3.05, 3.63) is 34.4 Å². The molecule has 0 saturated heterocycles. The van der Waals surface area contributed by atoms with Gasteiger partial charge in [-0.1, -0.05) is 22.9 Å². The number of hydrogen-bond donors (Lipinski definition) is 2. The van der Waals surface area contributed by atoms with Gasteiger partial charge >= 0.3 is 0 Å². The Labute approximate surface area is 109 Å². The summed E-state index contributed by atoms with van der Waals surface area (Å²) >= 11 is 3.42. The molecule has 2 rings (SSSR count). The minimum Gasteiger partial charge on any atom is -0.351 e. The van der Waals surface area contributed by atoms with Crippen LogP contribution in [0.15, 0.2) is 28.7 Å². The molecule has 0 radical (unpaired) electrons. The predicted molar refractivity (Wildman–Crippen MR) is 73.2 cm³/mol. The molecule has 1 atom stereocenters. The number of aromatic amines is 1. The van der Waals surface area contributed by atoms with Crippen LogP contribution in [0.5, 0.6) is 0 Å². The Morgan fingerprint density at radius 1 is 1.47 bits per heavy atom.